The molecule has 10 nitrogen and oxygen atoms in total. The Morgan fingerprint density at radius 2 is 1.67 bits per heavy atom. The third-order valence-electron chi connectivity index (χ3n) is 13.0. The van der Waals surface area contributed by atoms with Crippen molar-refractivity contribution >= 4 is 27.5 Å². The van der Waals surface area contributed by atoms with Gasteiger partial charge in [0, 0.05) is 47.6 Å². The Bertz CT molecular complexity index is 1930. The van der Waals surface area contributed by atoms with Gasteiger partial charge in [0.15, 0.2) is 0 Å². The van der Waals surface area contributed by atoms with E-state index in [4.69, 9.17) is 9.47 Å². The summed E-state index contributed by atoms with van der Waals surface area (Å²) < 4.78 is 52.2. The van der Waals surface area contributed by atoms with E-state index in [1.54, 1.807) is 19.4 Å². The molecule has 1 aromatic heterocycles. The molecule has 12 heteroatoms. The summed E-state index contributed by atoms with van der Waals surface area (Å²) in [6.07, 6.45) is 12.0. The first-order valence-corrected chi connectivity index (χ1v) is 21.6. The number of sulfone groups is 1. The molecule has 4 aliphatic carbocycles. The molecule has 292 valence electrons. The van der Waals surface area contributed by atoms with Crippen LogP contribution in [0.1, 0.15) is 108 Å². The molecule has 8 rings (SSSR count). The molecule has 2 aromatic carbocycles. The fraction of sp³-hybridized carbons (Fsp3) is 0.595. The van der Waals surface area contributed by atoms with Crippen molar-refractivity contribution in [1.82, 2.24) is 15.1 Å². The Kier molecular flexibility index (Phi) is 10.9. The third-order valence-corrected chi connectivity index (χ3v) is 14.8. The maximum Gasteiger partial charge on any atom is 0.407 e. The number of rotatable bonds is 10. The Labute approximate surface area is 319 Å². The molecule has 1 N–H and O–H groups in total. The number of carbonyl (C=O) groups is 2. The zero-order valence-electron chi connectivity index (χ0n) is 32.1. The van der Waals surface area contributed by atoms with Crippen LogP contribution in [0, 0.1) is 24.1 Å². The molecule has 2 bridgehead atoms. The molecule has 0 radical (unpaired) electrons. The van der Waals surface area contributed by atoms with Crippen LogP contribution in [-0.4, -0.2) is 67.5 Å². The predicted octanol–water partition coefficient (Wildman–Crippen LogP) is 8.07. The number of anilines is 1. The smallest absolute Gasteiger partial charge is 0.407 e. The lowest BCUT2D eigenvalue weighted by Crippen LogP contribution is -2.52. The molecule has 4 saturated carbocycles. The van der Waals surface area contributed by atoms with Gasteiger partial charge in [-0.2, -0.15) is 5.10 Å². The molecule has 1 saturated heterocycles. The normalized spacial score (nSPS) is 26.7. The molecule has 5 aliphatic rings. The fourth-order valence-corrected chi connectivity index (χ4v) is 11.0. The van der Waals surface area contributed by atoms with E-state index in [9.17, 15) is 18.0 Å². The zero-order valence-corrected chi connectivity index (χ0v) is 32.9. The van der Waals surface area contributed by atoms with Crippen molar-refractivity contribution in [2.24, 2.45) is 11.3 Å². The highest BCUT2D eigenvalue weighted by molar-refractivity contribution is 7.91. The predicted molar refractivity (Wildman–Crippen MR) is 207 cm³/mol. The SMILES string of the molecule is COc1ccc(C23CCC(CN(C(=O)C4CCC(OC(=O)NC5CCS(=O)(=O)CC5)CC4)c4ccc(F)c(-c5cnn(C(C)C)c5)c4)(CC2)CC3)cc1C. The first-order chi connectivity index (χ1) is 25.8. The van der Waals surface area contributed by atoms with E-state index < -0.39 is 15.9 Å². The number of ether oxygens (including phenoxy) is 2. The molecule has 0 atom stereocenters. The van der Waals surface area contributed by atoms with Gasteiger partial charge in [-0.1, -0.05) is 12.1 Å². The average molecular weight is 763 g/mol. The number of methoxy groups -OCH3 is 1. The summed E-state index contributed by atoms with van der Waals surface area (Å²) in [7, 11) is -1.32. The molecule has 2 heterocycles. The third kappa shape index (κ3) is 8.04. The summed E-state index contributed by atoms with van der Waals surface area (Å²) in [5.41, 5.74) is 4.43. The van der Waals surface area contributed by atoms with Crippen molar-refractivity contribution in [2.45, 2.75) is 121 Å². The maximum absolute atomic E-state index is 15.5. The van der Waals surface area contributed by atoms with Gasteiger partial charge in [0.2, 0.25) is 5.91 Å². The number of hydrogen-bond acceptors (Lipinski definition) is 7. The first kappa shape index (κ1) is 38.3. The van der Waals surface area contributed by atoms with Crippen molar-refractivity contribution in [3.8, 4) is 16.9 Å². The topological polar surface area (TPSA) is 120 Å². The minimum Gasteiger partial charge on any atom is -0.496 e. The highest BCUT2D eigenvalue weighted by Gasteiger charge is 2.51. The number of halogens is 1. The van der Waals surface area contributed by atoms with E-state index in [-0.39, 0.29) is 58.2 Å². The number of fused-ring (bicyclic) bond motifs is 3. The maximum atomic E-state index is 15.5. The second-order valence-corrected chi connectivity index (χ2v) is 19.1. The number of aromatic nitrogens is 2. The van der Waals surface area contributed by atoms with Crippen LogP contribution in [0.15, 0.2) is 48.8 Å². The van der Waals surface area contributed by atoms with Crippen LogP contribution < -0.4 is 15.0 Å². The Morgan fingerprint density at radius 3 is 2.28 bits per heavy atom. The van der Waals surface area contributed by atoms with Gasteiger partial charge in [-0.25, -0.2) is 17.6 Å². The van der Waals surface area contributed by atoms with Crippen molar-refractivity contribution in [3.63, 3.8) is 0 Å². The van der Waals surface area contributed by atoms with Crippen LogP contribution in [0.25, 0.3) is 11.1 Å². The highest BCUT2D eigenvalue weighted by atomic mass is 32.2. The van der Waals surface area contributed by atoms with Crippen molar-refractivity contribution in [2.75, 3.05) is 30.1 Å². The van der Waals surface area contributed by atoms with Crippen LogP contribution in [0.4, 0.5) is 14.9 Å². The van der Waals surface area contributed by atoms with Gasteiger partial charge >= 0.3 is 6.09 Å². The number of aryl methyl sites for hydroxylation is 1. The lowest BCUT2D eigenvalue weighted by atomic mass is 9.51. The summed E-state index contributed by atoms with van der Waals surface area (Å²) in [6, 6.07) is 11.6. The number of nitrogens with one attached hydrogen (secondary N) is 1. The standard InChI is InChI=1S/C42H55FN4O6S/c1-28(2)47-26-31(25-44-47)36-24-34(8-11-37(36)43)46(27-41-15-18-42(19-16-41,20-17-41)32-7-12-38(52-4)29(3)23-32)39(48)30-5-9-35(10-6-30)53-40(49)45-33-13-21-54(50,51)22-14-33/h7-8,11-12,23-26,28,30,33,35H,5-6,9-10,13-22,27H2,1-4H3,(H,45,49). The summed E-state index contributed by atoms with van der Waals surface area (Å²) in [6.45, 7) is 6.74. The largest absolute Gasteiger partial charge is 0.496 e. The lowest BCUT2D eigenvalue weighted by molar-refractivity contribution is -0.124. The number of benzene rings is 2. The Balaban J connectivity index is 1.07. The monoisotopic (exact) mass is 762 g/mol. The Morgan fingerprint density at radius 1 is 0.981 bits per heavy atom. The number of nitrogens with zero attached hydrogens (tertiary/aromatic N) is 3. The number of hydrogen-bond donors (Lipinski definition) is 1. The van der Waals surface area contributed by atoms with Gasteiger partial charge in [0.1, 0.15) is 27.5 Å². The second kappa shape index (κ2) is 15.3. The summed E-state index contributed by atoms with van der Waals surface area (Å²) in [4.78, 5) is 29.4. The fourth-order valence-electron chi connectivity index (χ4n) is 9.47. The second-order valence-electron chi connectivity index (χ2n) is 16.8. The Hall–Kier alpha value is -3.93. The first-order valence-electron chi connectivity index (χ1n) is 19.8. The number of carbonyl (C=O) groups excluding carboxylic acids is 2. The van der Waals surface area contributed by atoms with Gasteiger partial charge < -0.3 is 19.7 Å². The van der Waals surface area contributed by atoms with Crippen LogP contribution in [0.5, 0.6) is 5.75 Å². The van der Waals surface area contributed by atoms with E-state index >= 15 is 4.39 Å². The van der Waals surface area contributed by atoms with Crippen molar-refractivity contribution < 1.29 is 31.9 Å². The molecule has 3 aromatic rings. The zero-order chi connectivity index (χ0) is 38.3. The summed E-state index contributed by atoms with van der Waals surface area (Å²) in [5.74, 6) is 0.488. The van der Waals surface area contributed by atoms with E-state index in [1.165, 1.54) is 11.6 Å². The molecule has 1 aliphatic heterocycles. The van der Waals surface area contributed by atoms with Crippen LogP contribution >= 0.6 is 0 Å². The van der Waals surface area contributed by atoms with Gasteiger partial charge in [-0.3, -0.25) is 9.48 Å². The van der Waals surface area contributed by atoms with Crippen molar-refractivity contribution in [3.05, 3.63) is 65.7 Å². The molecule has 5 fully saturated rings. The quantitative estimate of drug-likeness (QED) is 0.222. The molecule has 0 unspecified atom stereocenters. The minimum atomic E-state index is -3.03. The highest BCUT2D eigenvalue weighted by Crippen LogP contribution is 2.58. The molecule has 2 amide bonds. The number of alkyl carbamates (subject to hydrolysis) is 1. The average Bonchev–Trinajstić information content (AvgIpc) is 3.67. The van der Waals surface area contributed by atoms with E-state index in [2.05, 4.69) is 35.5 Å². The summed E-state index contributed by atoms with van der Waals surface area (Å²) in [5, 5.41) is 7.30. The van der Waals surface area contributed by atoms with Gasteiger partial charge in [-0.15, -0.1) is 0 Å². The van der Waals surface area contributed by atoms with Gasteiger partial charge in [0.05, 0.1) is 24.8 Å². The molecule has 0 spiro atoms. The minimum absolute atomic E-state index is 0.0349. The van der Waals surface area contributed by atoms with Crippen molar-refractivity contribution in [1.29, 1.82) is 0 Å². The van der Waals surface area contributed by atoms with Gasteiger partial charge in [-0.05, 0) is 144 Å². The van der Waals surface area contributed by atoms with E-state index in [0.717, 1.165) is 49.8 Å². The molecular formula is C42H55FN4O6S. The van der Waals surface area contributed by atoms with E-state index in [0.29, 0.717) is 61.9 Å². The van der Waals surface area contributed by atoms with Crippen LogP contribution in [0.3, 0.4) is 0 Å². The lowest BCUT2D eigenvalue weighted by Gasteiger charge is -2.55. The molecule has 54 heavy (non-hydrogen) atoms. The van der Waals surface area contributed by atoms with Crippen LogP contribution in [0.2, 0.25) is 0 Å². The molecular weight excluding hydrogens is 708 g/mol. The van der Waals surface area contributed by atoms with Crippen LogP contribution in [-0.2, 0) is 24.8 Å². The summed E-state index contributed by atoms with van der Waals surface area (Å²) >= 11 is 0. The van der Waals surface area contributed by atoms with Gasteiger partial charge in [0.25, 0.3) is 0 Å². The number of amides is 2. The van der Waals surface area contributed by atoms with E-state index in [1.807, 2.05) is 35.7 Å².